The van der Waals surface area contributed by atoms with Crippen LogP contribution in [0.25, 0.3) is 0 Å². The number of hydrogen-bond acceptors (Lipinski definition) is 2. The lowest BCUT2D eigenvalue weighted by atomic mass is 9.94. The van der Waals surface area contributed by atoms with Crippen molar-refractivity contribution < 1.29 is 4.79 Å². The van der Waals surface area contributed by atoms with Gasteiger partial charge in [-0.25, -0.2) is 0 Å². The fourth-order valence-electron chi connectivity index (χ4n) is 1.71. The summed E-state index contributed by atoms with van der Waals surface area (Å²) in [7, 11) is 0. The van der Waals surface area contributed by atoms with Crippen molar-refractivity contribution in [3.8, 4) is 0 Å². The highest BCUT2D eigenvalue weighted by Crippen LogP contribution is 2.13. The predicted molar refractivity (Wildman–Crippen MR) is 70.8 cm³/mol. The van der Waals surface area contributed by atoms with E-state index in [1.165, 1.54) is 11.1 Å². The highest BCUT2D eigenvalue weighted by molar-refractivity contribution is 5.81. The lowest BCUT2D eigenvalue weighted by Crippen LogP contribution is -2.50. The summed E-state index contributed by atoms with van der Waals surface area (Å²) >= 11 is 0. The number of benzene rings is 1. The molecule has 0 aromatic heterocycles. The highest BCUT2D eigenvalue weighted by atomic mass is 16.2. The van der Waals surface area contributed by atoms with E-state index in [1.807, 2.05) is 13.8 Å². The van der Waals surface area contributed by atoms with E-state index in [2.05, 4.69) is 36.5 Å². The molecule has 0 heterocycles. The average molecular weight is 234 g/mol. The largest absolute Gasteiger partial charge is 0.350 e. The second kappa shape index (κ2) is 5.32. The third kappa shape index (κ3) is 4.57. The molecule has 1 unspecified atom stereocenters. The van der Waals surface area contributed by atoms with Gasteiger partial charge in [0.2, 0.25) is 5.91 Å². The predicted octanol–water partition coefficient (Wildman–Crippen LogP) is 1.78. The molecule has 17 heavy (non-hydrogen) atoms. The van der Waals surface area contributed by atoms with Gasteiger partial charge in [-0.15, -0.1) is 0 Å². The first kappa shape index (κ1) is 13.7. The quantitative estimate of drug-likeness (QED) is 0.834. The molecule has 1 rings (SSSR count). The molecule has 1 aromatic rings. The molecule has 1 atom stereocenters. The third-order valence-corrected chi connectivity index (χ3v) is 2.64. The molecule has 0 radical (unpaired) electrons. The summed E-state index contributed by atoms with van der Waals surface area (Å²) < 4.78 is 0. The third-order valence-electron chi connectivity index (χ3n) is 2.64. The Bertz CT molecular complexity index is 380. The number of nitrogens with two attached hydrogens (primary N) is 1. The summed E-state index contributed by atoms with van der Waals surface area (Å²) in [4.78, 5) is 11.6. The van der Waals surface area contributed by atoms with E-state index in [9.17, 15) is 4.79 Å². The second-order valence-corrected chi connectivity index (χ2v) is 5.32. The minimum atomic E-state index is -0.465. The SMILES string of the molecule is Cc1ccc(CC(C)(C)NC(=O)C(C)N)cc1. The van der Waals surface area contributed by atoms with Gasteiger partial charge < -0.3 is 11.1 Å². The van der Waals surface area contributed by atoms with Gasteiger partial charge in [-0.2, -0.15) is 0 Å². The number of carbonyl (C=O) groups is 1. The van der Waals surface area contributed by atoms with Crippen LogP contribution in [-0.4, -0.2) is 17.5 Å². The van der Waals surface area contributed by atoms with Crippen LogP contribution in [0.2, 0.25) is 0 Å². The van der Waals surface area contributed by atoms with Crippen molar-refractivity contribution in [2.24, 2.45) is 5.73 Å². The normalized spacial score (nSPS) is 13.2. The summed E-state index contributed by atoms with van der Waals surface area (Å²) in [5.74, 6) is -0.109. The summed E-state index contributed by atoms with van der Waals surface area (Å²) in [6, 6.07) is 7.88. The molecule has 0 aliphatic carbocycles. The molecule has 3 nitrogen and oxygen atoms in total. The summed E-state index contributed by atoms with van der Waals surface area (Å²) in [5.41, 5.74) is 7.72. The van der Waals surface area contributed by atoms with Crippen molar-refractivity contribution >= 4 is 5.91 Å². The molecule has 3 N–H and O–H groups in total. The van der Waals surface area contributed by atoms with Crippen LogP contribution in [0, 0.1) is 6.92 Å². The molecule has 1 amide bonds. The Morgan fingerprint density at radius 3 is 2.35 bits per heavy atom. The minimum absolute atomic E-state index is 0.109. The standard InChI is InChI=1S/C14H22N2O/c1-10-5-7-12(8-6-10)9-14(3,4)16-13(17)11(2)15/h5-8,11H,9,15H2,1-4H3,(H,16,17). The molecule has 3 heteroatoms. The van der Waals surface area contributed by atoms with E-state index < -0.39 is 6.04 Å². The Labute approximate surface area is 103 Å². The lowest BCUT2D eigenvalue weighted by Gasteiger charge is -2.27. The van der Waals surface area contributed by atoms with Crippen molar-refractivity contribution in [2.45, 2.75) is 45.7 Å². The Morgan fingerprint density at radius 1 is 1.35 bits per heavy atom. The summed E-state index contributed by atoms with van der Waals surface area (Å²) in [6.45, 7) is 7.77. The maximum Gasteiger partial charge on any atom is 0.237 e. The zero-order valence-electron chi connectivity index (χ0n) is 11.1. The molecule has 0 bridgehead atoms. The zero-order chi connectivity index (χ0) is 13.1. The van der Waals surface area contributed by atoms with Crippen LogP contribution in [0.15, 0.2) is 24.3 Å². The molecule has 0 spiro atoms. The average Bonchev–Trinajstić information content (AvgIpc) is 2.20. The van der Waals surface area contributed by atoms with E-state index in [-0.39, 0.29) is 11.4 Å². The molecule has 0 aliphatic heterocycles. The Morgan fingerprint density at radius 2 is 1.88 bits per heavy atom. The molecule has 0 saturated carbocycles. The van der Waals surface area contributed by atoms with Gasteiger partial charge >= 0.3 is 0 Å². The van der Waals surface area contributed by atoms with Crippen molar-refractivity contribution in [3.05, 3.63) is 35.4 Å². The van der Waals surface area contributed by atoms with E-state index in [0.29, 0.717) is 0 Å². The number of nitrogens with one attached hydrogen (secondary N) is 1. The molecule has 94 valence electrons. The van der Waals surface area contributed by atoms with Crippen LogP contribution in [0.3, 0.4) is 0 Å². The smallest absolute Gasteiger partial charge is 0.237 e. The summed E-state index contributed by atoms with van der Waals surface area (Å²) in [6.07, 6.45) is 0.797. The summed E-state index contributed by atoms with van der Waals surface area (Å²) in [5, 5.41) is 2.95. The molecular weight excluding hydrogens is 212 g/mol. The Kier molecular flexibility index (Phi) is 4.29. The van der Waals surface area contributed by atoms with E-state index in [1.54, 1.807) is 6.92 Å². The van der Waals surface area contributed by atoms with Crippen LogP contribution in [0.1, 0.15) is 31.9 Å². The van der Waals surface area contributed by atoms with Gasteiger partial charge in [0, 0.05) is 5.54 Å². The van der Waals surface area contributed by atoms with Gasteiger partial charge in [-0.3, -0.25) is 4.79 Å². The van der Waals surface area contributed by atoms with E-state index in [4.69, 9.17) is 5.73 Å². The lowest BCUT2D eigenvalue weighted by molar-refractivity contribution is -0.123. The minimum Gasteiger partial charge on any atom is -0.350 e. The number of amides is 1. The monoisotopic (exact) mass is 234 g/mol. The highest BCUT2D eigenvalue weighted by Gasteiger charge is 2.22. The van der Waals surface area contributed by atoms with E-state index >= 15 is 0 Å². The molecule has 0 aliphatic rings. The van der Waals surface area contributed by atoms with Crippen LogP contribution in [-0.2, 0) is 11.2 Å². The van der Waals surface area contributed by atoms with E-state index in [0.717, 1.165) is 6.42 Å². The number of rotatable bonds is 4. The van der Waals surface area contributed by atoms with Gasteiger partial charge in [0.15, 0.2) is 0 Å². The first-order valence-corrected chi connectivity index (χ1v) is 5.93. The topological polar surface area (TPSA) is 55.1 Å². The van der Waals surface area contributed by atoms with Crippen molar-refractivity contribution in [3.63, 3.8) is 0 Å². The molecule has 1 aromatic carbocycles. The van der Waals surface area contributed by atoms with Gasteiger partial charge in [-0.05, 0) is 39.7 Å². The fourth-order valence-corrected chi connectivity index (χ4v) is 1.71. The van der Waals surface area contributed by atoms with Crippen LogP contribution in [0.4, 0.5) is 0 Å². The Hall–Kier alpha value is -1.35. The fraction of sp³-hybridized carbons (Fsp3) is 0.500. The van der Waals surface area contributed by atoms with Gasteiger partial charge in [-0.1, -0.05) is 29.8 Å². The van der Waals surface area contributed by atoms with Crippen LogP contribution < -0.4 is 11.1 Å². The van der Waals surface area contributed by atoms with Crippen molar-refractivity contribution in [2.75, 3.05) is 0 Å². The van der Waals surface area contributed by atoms with Gasteiger partial charge in [0.05, 0.1) is 6.04 Å². The number of carbonyl (C=O) groups excluding carboxylic acids is 1. The van der Waals surface area contributed by atoms with Crippen molar-refractivity contribution in [1.29, 1.82) is 0 Å². The van der Waals surface area contributed by atoms with Crippen LogP contribution >= 0.6 is 0 Å². The number of hydrogen-bond donors (Lipinski definition) is 2. The molecular formula is C14H22N2O. The first-order valence-electron chi connectivity index (χ1n) is 5.93. The van der Waals surface area contributed by atoms with Gasteiger partial charge in [0.1, 0.15) is 0 Å². The molecule has 0 fully saturated rings. The van der Waals surface area contributed by atoms with Crippen LogP contribution in [0.5, 0.6) is 0 Å². The second-order valence-electron chi connectivity index (χ2n) is 5.32. The van der Waals surface area contributed by atoms with Crippen molar-refractivity contribution in [1.82, 2.24) is 5.32 Å². The Balaban J connectivity index is 2.66. The molecule has 0 saturated heterocycles. The van der Waals surface area contributed by atoms with Gasteiger partial charge in [0.25, 0.3) is 0 Å². The number of aryl methyl sites for hydroxylation is 1. The maximum atomic E-state index is 11.6. The first-order chi connectivity index (χ1) is 7.80. The zero-order valence-corrected chi connectivity index (χ0v) is 11.1. The maximum absolute atomic E-state index is 11.6.